The second-order valence-electron chi connectivity index (χ2n) is 8.43. The van der Waals surface area contributed by atoms with E-state index in [9.17, 15) is 0 Å². The highest BCUT2D eigenvalue weighted by atomic mass is 127. The van der Waals surface area contributed by atoms with Crippen LogP contribution in [0.1, 0.15) is 30.9 Å². The molecule has 1 aromatic carbocycles. The highest BCUT2D eigenvalue weighted by Gasteiger charge is 2.19. The van der Waals surface area contributed by atoms with Gasteiger partial charge in [-0.1, -0.05) is 24.3 Å². The molecule has 2 aromatic rings. The van der Waals surface area contributed by atoms with Crippen molar-refractivity contribution in [3.8, 4) is 0 Å². The van der Waals surface area contributed by atoms with Crippen molar-refractivity contribution >= 4 is 35.6 Å². The average Bonchev–Trinajstić information content (AvgIpc) is 3.14. The summed E-state index contributed by atoms with van der Waals surface area (Å²) in [4.78, 5) is 9.54. The van der Waals surface area contributed by atoms with E-state index in [0.29, 0.717) is 12.6 Å². The minimum atomic E-state index is 0. The van der Waals surface area contributed by atoms with Gasteiger partial charge in [-0.25, -0.2) is 4.99 Å². The maximum absolute atomic E-state index is 4.82. The number of likely N-dealkylation sites (tertiary alicyclic amines) is 1. The number of aromatic nitrogens is 3. The molecule has 182 valence electrons. The van der Waals surface area contributed by atoms with Crippen molar-refractivity contribution in [1.29, 1.82) is 0 Å². The number of halogens is 1. The minimum absolute atomic E-state index is 0. The molecule has 1 aliphatic rings. The molecule has 2 heterocycles. The lowest BCUT2D eigenvalue weighted by atomic mass is 10.1. The fourth-order valence-electron chi connectivity index (χ4n) is 3.86. The third kappa shape index (κ3) is 8.62. The number of para-hydroxylation sites is 1. The Hall–Kier alpha value is -2.14. The maximum atomic E-state index is 4.82. The average molecular weight is 567 g/mol. The predicted molar refractivity (Wildman–Crippen MR) is 147 cm³/mol. The number of nitrogens with one attached hydrogen (secondary N) is 2. The Bertz CT molecular complexity index is 859. The Labute approximate surface area is 215 Å². The molecule has 0 aliphatic carbocycles. The smallest absolute Gasteiger partial charge is 0.191 e. The zero-order valence-electron chi connectivity index (χ0n) is 20.2. The molecule has 1 aromatic heterocycles. The summed E-state index contributed by atoms with van der Waals surface area (Å²) in [5.41, 5.74) is 1.24. The van der Waals surface area contributed by atoms with Crippen molar-refractivity contribution in [1.82, 2.24) is 30.3 Å². The number of hydrogen-bond donors (Lipinski definition) is 2. The zero-order valence-corrected chi connectivity index (χ0v) is 22.5. The van der Waals surface area contributed by atoms with E-state index >= 15 is 0 Å². The van der Waals surface area contributed by atoms with Gasteiger partial charge in [-0.2, -0.15) is 0 Å². The largest absolute Gasteiger partial charge is 0.375 e. The number of aryl methyl sites for hydroxylation is 1. The van der Waals surface area contributed by atoms with Crippen LogP contribution in [0.15, 0.2) is 48.0 Å². The lowest BCUT2D eigenvalue weighted by molar-refractivity contribution is 0.225. The molecular formula is C24H39IN8. The quantitative estimate of drug-likeness (QED) is 0.152. The third-order valence-corrected chi connectivity index (χ3v) is 6.04. The van der Waals surface area contributed by atoms with E-state index in [-0.39, 0.29) is 24.0 Å². The molecule has 1 aliphatic heterocycles. The molecule has 1 fully saturated rings. The fourth-order valence-corrected chi connectivity index (χ4v) is 3.86. The van der Waals surface area contributed by atoms with Gasteiger partial charge in [0.1, 0.15) is 12.4 Å². The van der Waals surface area contributed by atoms with Crippen LogP contribution < -0.4 is 15.5 Å². The number of guanidine groups is 1. The number of anilines is 1. The van der Waals surface area contributed by atoms with Crippen molar-refractivity contribution in [3.63, 3.8) is 0 Å². The molecule has 33 heavy (non-hydrogen) atoms. The topological polar surface area (TPSA) is 73.6 Å². The van der Waals surface area contributed by atoms with Crippen molar-refractivity contribution in [2.75, 3.05) is 44.7 Å². The summed E-state index contributed by atoms with van der Waals surface area (Å²) in [7, 11) is 4.12. The van der Waals surface area contributed by atoms with Crippen molar-refractivity contribution in [2.24, 2.45) is 12.0 Å². The Balaban J connectivity index is 0.00000385. The number of piperidine rings is 1. The highest BCUT2D eigenvalue weighted by Crippen LogP contribution is 2.11. The van der Waals surface area contributed by atoms with E-state index in [2.05, 4.69) is 68.5 Å². The van der Waals surface area contributed by atoms with E-state index in [1.165, 1.54) is 5.69 Å². The molecule has 9 heteroatoms. The summed E-state index contributed by atoms with van der Waals surface area (Å²) in [6.45, 7) is 11.3. The van der Waals surface area contributed by atoms with Crippen LogP contribution in [0, 0.1) is 6.92 Å². The maximum Gasteiger partial charge on any atom is 0.191 e. The summed E-state index contributed by atoms with van der Waals surface area (Å²) < 4.78 is 1.99. The molecule has 0 unspecified atom stereocenters. The fraction of sp³-hybridized carbons (Fsp3) is 0.542. The molecule has 0 amide bonds. The molecule has 0 atom stereocenters. The Morgan fingerprint density at radius 1 is 1.24 bits per heavy atom. The number of aliphatic imine (C=N–C) groups is 1. The molecule has 8 nitrogen and oxygen atoms in total. The first kappa shape index (κ1) is 27.1. The van der Waals surface area contributed by atoms with Crippen molar-refractivity contribution < 1.29 is 0 Å². The highest BCUT2D eigenvalue weighted by molar-refractivity contribution is 14.0. The summed E-state index contributed by atoms with van der Waals surface area (Å²) in [5.74, 6) is 2.62. The number of benzene rings is 1. The van der Waals surface area contributed by atoms with Gasteiger partial charge in [0.25, 0.3) is 0 Å². The second-order valence-corrected chi connectivity index (χ2v) is 8.43. The molecule has 0 bridgehead atoms. The van der Waals surface area contributed by atoms with Crippen LogP contribution in [-0.2, 0) is 13.6 Å². The summed E-state index contributed by atoms with van der Waals surface area (Å²) >= 11 is 0. The van der Waals surface area contributed by atoms with Gasteiger partial charge in [0.2, 0.25) is 0 Å². The number of nitrogens with zero attached hydrogens (tertiary/aromatic N) is 6. The van der Waals surface area contributed by atoms with Gasteiger partial charge in [0.15, 0.2) is 11.8 Å². The first-order valence-electron chi connectivity index (χ1n) is 11.6. The number of rotatable bonds is 10. The van der Waals surface area contributed by atoms with Gasteiger partial charge >= 0.3 is 0 Å². The van der Waals surface area contributed by atoms with E-state index < -0.39 is 0 Å². The minimum Gasteiger partial charge on any atom is -0.375 e. The van der Waals surface area contributed by atoms with E-state index in [4.69, 9.17) is 4.99 Å². The van der Waals surface area contributed by atoms with Gasteiger partial charge < -0.3 is 20.1 Å². The van der Waals surface area contributed by atoms with Crippen LogP contribution in [0.3, 0.4) is 0 Å². The van der Waals surface area contributed by atoms with Crippen LogP contribution >= 0.6 is 24.0 Å². The third-order valence-electron chi connectivity index (χ3n) is 6.04. The molecule has 0 saturated carbocycles. The summed E-state index contributed by atoms with van der Waals surface area (Å²) in [6.07, 6.45) is 5.22. The molecule has 0 radical (unpaired) electrons. The van der Waals surface area contributed by atoms with Crippen LogP contribution in [0.2, 0.25) is 0 Å². The SMILES string of the molecule is C=CCN1CCC(NC(=NCc2nnc(C)n2C)NCCCN(C)c2ccccc2)CC1.I. The second kappa shape index (κ2) is 14.2. The van der Waals surface area contributed by atoms with E-state index in [1.807, 2.05) is 30.7 Å². The lowest BCUT2D eigenvalue weighted by Crippen LogP contribution is -2.49. The Morgan fingerprint density at radius 2 is 1.97 bits per heavy atom. The first-order valence-corrected chi connectivity index (χ1v) is 11.6. The standard InChI is InChI=1S/C24H38N8.HI/c1-5-15-32-17-12-21(13-18-32)27-24(26-19-23-29-28-20(2)31(23)4)25-14-9-16-30(3)22-10-7-6-8-11-22;/h5-8,10-11,21H,1,9,12-19H2,2-4H3,(H2,25,26,27);1H. The van der Waals surface area contributed by atoms with Gasteiger partial charge in [-0.3, -0.25) is 4.90 Å². The lowest BCUT2D eigenvalue weighted by Gasteiger charge is -2.32. The van der Waals surface area contributed by atoms with E-state index in [0.717, 1.165) is 69.6 Å². The summed E-state index contributed by atoms with van der Waals surface area (Å²) in [6, 6.07) is 10.9. The number of hydrogen-bond acceptors (Lipinski definition) is 5. The zero-order chi connectivity index (χ0) is 22.8. The van der Waals surface area contributed by atoms with Gasteiger partial charge in [-0.05, 0) is 38.3 Å². The van der Waals surface area contributed by atoms with Crippen LogP contribution in [0.25, 0.3) is 0 Å². The van der Waals surface area contributed by atoms with Crippen LogP contribution in [0.4, 0.5) is 5.69 Å². The molecular weight excluding hydrogens is 527 g/mol. The molecule has 2 N–H and O–H groups in total. The van der Waals surface area contributed by atoms with E-state index in [1.54, 1.807) is 0 Å². The van der Waals surface area contributed by atoms with Crippen LogP contribution in [0.5, 0.6) is 0 Å². The monoisotopic (exact) mass is 566 g/mol. The molecule has 3 rings (SSSR count). The first-order chi connectivity index (χ1) is 15.6. The van der Waals surface area contributed by atoms with Gasteiger partial charge in [-0.15, -0.1) is 40.8 Å². The van der Waals surface area contributed by atoms with Crippen LogP contribution in [-0.4, -0.2) is 71.4 Å². The van der Waals surface area contributed by atoms with Crippen molar-refractivity contribution in [2.45, 2.75) is 38.8 Å². The molecule has 1 saturated heterocycles. The van der Waals surface area contributed by atoms with Gasteiger partial charge in [0, 0.05) is 58.5 Å². The predicted octanol–water partition coefficient (Wildman–Crippen LogP) is 2.95. The summed E-state index contributed by atoms with van der Waals surface area (Å²) in [5, 5.41) is 15.6. The Morgan fingerprint density at radius 3 is 2.61 bits per heavy atom. The molecule has 0 spiro atoms. The normalized spacial score (nSPS) is 15.1. The van der Waals surface area contributed by atoms with Gasteiger partial charge in [0.05, 0.1) is 0 Å². The Kier molecular flexibility index (Phi) is 11.7. The van der Waals surface area contributed by atoms with Crippen molar-refractivity contribution in [3.05, 3.63) is 54.6 Å².